The second-order valence-corrected chi connectivity index (χ2v) is 7.76. The number of morpholine rings is 1. The molecule has 9 heteroatoms. The van der Waals surface area contributed by atoms with Crippen molar-refractivity contribution in [1.29, 1.82) is 0 Å². The summed E-state index contributed by atoms with van der Waals surface area (Å²) in [5.74, 6) is 1.76. The van der Waals surface area contributed by atoms with Gasteiger partial charge in [-0.2, -0.15) is 10.1 Å². The highest BCUT2D eigenvalue weighted by Crippen LogP contribution is 2.28. The molecule has 0 N–H and O–H groups in total. The van der Waals surface area contributed by atoms with E-state index in [1.165, 1.54) is 0 Å². The number of hydrogen-bond acceptors (Lipinski definition) is 8. The summed E-state index contributed by atoms with van der Waals surface area (Å²) in [6.07, 6.45) is 4.72. The fourth-order valence-electron chi connectivity index (χ4n) is 4.14. The minimum absolute atomic E-state index is 0.0439. The van der Waals surface area contributed by atoms with Crippen LogP contribution in [0.1, 0.15) is 18.7 Å². The van der Waals surface area contributed by atoms with Crippen molar-refractivity contribution in [1.82, 2.24) is 19.7 Å². The highest BCUT2D eigenvalue weighted by Gasteiger charge is 2.38. The Hall–Kier alpha value is -2.23. The number of aryl methyl sites for hydroxylation is 1. The molecular formula is C20H28N6O3. The third-order valence-electron chi connectivity index (χ3n) is 5.85. The summed E-state index contributed by atoms with van der Waals surface area (Å²) in [4.78, 5) is 14.1. The first-order valence-electron chi connectivity index (χ1n) is 10.5. The molecule has 0 radical (unpaired) electrons. The summed E-state index contributed by atoms with van der Waals surface area (Å²) in [6.45, 7) is 8.02. The van der Waals surface area contributed by atoms with Crippen LogP contribution in [0.2, 0.25) is 0 Å². The average molecular weight is 400 g/mol. The zero-order valence-corrected chi connectivity index (χ0v) is 16.8. The number of ether oxygens (including phenoxy) is 3. The van der Waals surface area contributed by atoms with E-state index in [4.69, 9.17) is 24.2 Å². The van der Waals surface area contributed by atoms with Crippen LogP contribution in [0.3, 0.4) is 0 Å². The van der Waals surface area contributed by atoms with Gasteiger partial charge in [0.05, 0.1) is 32.5 Å². The van der Waals surface area contributed by atoms with Crippen LogP contribution in [0.25, 0.3) is 0 Å². The smallest absolute Gasteiger partial charge is 0.227 e. The highest BCUT2D eigenvalue weighted by atomic mass is 16.6. The van der Waals surface area contributed by atoms with Gasteiger partial charge in [0.1, 0.15) is 18.0 Å². The number of anilines is 2. The van der Waals surface area contributed by atoms with Gasteiger partial charge in [-0.25, -0.2) is 4.98 Å². The van der Waals surface area contributed by atoms with Crippen molar-refractivity contribution in [3.8, 4) is 0 Å². The van der Waals surface area contributed by atoms with E-state index in [1.807, 2.05) is 16.9 Å². The van der Waals surface area contributed by atoms with Gasteiger partial charge in [0.2, 0.25) is 5.95 Å². The highest BCUT2D eigenvalue weighted by molar-refractivity contribution is 5.48. The Bertz CT molecular complexity index is 795. The normalized spacial score (nSPS) is 25.8. The Morgan fingerprint density at radius 1 is 1.03 bits per heavy atom. The van der Waals surface area contributed by atoms with Gasteiger partial charge in [-0.15, -0.1) is 0 Å². The molecule has 0 amide bonds. The Balaban J connectivity index is 1.30. The van der Waals surface area contributed by atoms with Crippen molar-refractivity contribution < 1.29 is 14.2 Å². The van der Waals surface area contributed by atoms with Crippen LogP contribution in [0.15, 0.2) is 24.5 Å². The van der Waals surface area contributed by atoms with Gasteiger partial charge < -0.3 is 24.0 Å². The molecule has 0 unspecified atom stereocenters. The lowest BCUT2D eigenvalue weighted by molar-refractivity contribution is -0.00461. The van der Waals surface area contributed by atoms with Gasteiger partial charge in [0, 0.05) is 50.3 Å². The largest absolute Gasteiger partial charge is 0.378 e. The van der Waals surface area contributed by atoms with Crippen LogP contribution in [-0.4, -0.2) is 84.6 Å². The summed E-state index contributed by atoms with van der Waals surface area (Å²) in [5.41, 5.74) is 1.06. The van der Waals surface area contributed by atoms with Crippen LogP contribution >= 0.6 is 0 Å². The molecule has 0 saturated carbocycles. The van der Waals surface area contributed by atoms with Crippen LogP contribution in [0, 0.1) is 0 Å². The molecule has 0 aliphatic carbocycles. The summed E-state index contributed by atoms with van der Waals surface area (Å²) >= 11 is 0. The third kappa shape index (κ3) is 3.94. The van der Waals surface area contributed by atoms with E-state index in [0.717, 1.165) is 63.3 Å². The molecule has 2 aromatic heterocycles. The van der Waals surface area contributed by atoms with Crippen LogP contribution in [-0.2, 0) is 20.6 Å². The Morgan fingerprint density at radius 3 is 2.45 bits per heavy atom. The Kier molecular flexibility index (Phi) is 5.34. The molecule has 2 atom stereocenters. The number of nitrogens with zero attached hydrogens (tertiary/aromatic N) is 6. The Labute approximate surface area is 170 Å². The molecule has 9 nitrogen and oxygen atoms in total. The van der Waals surface area contributed by atoms with Crippen LogP contribution < -0.4 is 9.80 Å². The van der Waals surface area contributed by atoms with Crippen LogP contribution in [0.5, 0.6) is 0 Å². The summed E-state index contributed by atoms with van der Waals surface area (Å²) in [7, 11) is 0. The number of hydrogen-bond donors (Lipinski definition) is 0. The van der Waals surface area contributed by atoms with E-state index in [-0.39, 0.29) is 18.2 Å². The standard InChI is InChI=1S/C20H28N6O3/c1-2-15-10-19(23-20(22-15)24-6-8-27-9-7-24)25-11-17-18(12-25)29-14-16(13-28-17)26-5-3-4-21-26/h3-5,10,16-18H,2,6-9,11-14H2,1H3/t17-,18-/m0/s1. The van der Waals surface area contributed by atoms with Crippen molar-refractivity contribution >= 4 is 11.8 Å². The topological polar surface area (TPSA) is 77.8 Å². The third-order valence-corrected chi connectivity index (χ3v) is 5.85. The van der Waals surface area contributed by atoms with Gasteiger partial charge in [-0.3, -0.25) is 4.68 Å². The first kappa shape index (κ1) is 18.8. The van der Waals surface area contributed by atoms with Gasteiger partial charge in [0.25, 0.3) is 0 Å². The van der Waals surface area contributed by atoms with Crippen molar-refractivity contribution in [3.63, 3.8) is 0 Å². The Morgan fingerprint density at radius 2 is 1.79 bits per heavy atom. The maximum atomic E-state index is 6.22. The lowest BCUT2D eigenvalue weighted by Gasteiger charge is -2.28. The van der Waals surface area contributed by atoms with Crippen molar-refractivity contribution in [3.05, 3.63) is 30.2 Å². The first-order chi connectivity index (χ1) is 14.3. The minimum atomic E-state index is 0.0439. The lowest BCUT2D eigenvalue weighted by Crippen LogP contribution is -2.38. The van der Waals surface area contributed by atoms with Gasteiger partial charge in [-0.1, -0.05) is 6.92 Å². The summed E-state index contributed by atoms with van der Waals surface area (Å²) in [6, 6.07) is 4.16. The molecule has 3 saturated heterocycles. The molecule has 2 aromatic rings. The van der Waals surface area contributed by atoms with Gasteiger partial charge >= 0.3 is 0 Å². The lowest BCUT2D eigenvalue weighted by atomic mass is 10.3. The number of fused-ring (bicyclic) bond motifs is 1. The molecular weight excluding hydrogens is 372 g/mol. The quantitative estimate of drug-likeness (QED) is 0.750. The van der Waals surface area contributed by atoms with E-state index in [0.29, 0.717) is 13.2 Å². The van der Waals surface area contributed by atoms with E-state index < -0.39 is 0 Å². The summed E-state index contributed by atoms with van der Waals surface area (Å²) in [5, 5.41) is 4.33. The fourth-order valence-corrected chi connectivity index (χ4v) is 4.14. The van der Waals surface area contributed by atoms with Crippen molar-refractivity contribution in [2.75, 3.05) is 62.4 Å². The molecule has 0 bridgehead atoms. The van der Waals surface area contributed by atoms with Crippen LogP contribution in [0.4, 0.5) is 11.8 Å². The second kappa shape index (κ2) is 8.25. The summed E-state index contributed by atoms with van der Waals surface area (Å²) < 4.78 is 19.8. The minimum Gasteiger partial charge on any atom is -0.378 e. The zero-order chi connectivity index (χ0) is 19.6. The van der Waals surface area contributed by atoms with E-state index in [9.17, 15) is 0 Å². The molecule has 0 spiro atoms. The molecule has 0 aromatic carbocycles. The molecule has 3 aliphatic heterocycles. The van der Waals surface area contributed by atoms with Gasteiger partial charge in [-0.05, 0) is 12.5 Å². The predicted molar refractivity (Wildman–Crippen MR) is 107 cm³/mol. The number of aromatic nitrogens is 4. The SMILES string of the molecule is CCc1cc(N2C[C@@H]3OCC(n4cccn4)CO[C@H]3C2)nc(N2CCOCC2)n1. The molecule has 3 fully saturated rings. The molecule has 5 heterocycles. The predicted octanol–water partition coefficient (Wildman–Crippen LogP) is 0.917. The van der Waals surface area contributed by atoms with Crippen molar-refractivity contribution in [2.45, 2.75) is 31.6 Å². The second-order valence-electron chi connectivity index (χ2n) is 7.76. The number of rotatable bonds is 4. The monoisotopic (exact) mass is 400 g/mol. The maximum Gasteiger partial charge on any atom is 0.227 e. The molecule has 5 rings (SSSR count). The zero-order valence-electron chi connectivity index (χ0n) is 16.8. The van der Waals surface area contributed by atoms with E-state index >= 15 is 0 Å². The first-order valence-corrected chi connectivity index (χ1v) is 10.5. The van der Waals surface area contributed by atoms with E-state index in [1.54, 1.807) is 6.20 Å². The van der Waals surface area contributed by atoms with Gasteiger partial charge in [0.15, 0.2) is 0 Å². The molecule has 156 valence electrons. The maximum absolute atomic E-state index is 6.22. The van der Waals surface area contributed by atoms with E-state index in [2.05, 4.69) is 27.9 Å². The molecule has 3 aliphatic rings. The van der Waals surface area contributed by atoms with Crippen molar-refractivity contribution in [2.24, 2.45) is 0 Å². The average Bonchev–Trinajstić information content (AvgIpc) is 3.41. The molecule has 29 heavy (non-hydrogen) atoms. The fraction of sp³-hybridized carbons (Fsp3) is 0.650.